The van der Waals surface area contributed by atoms with Gasteiger partial charge in [0.25, 0.3) is 0 Å². The van der Waals surface area contributed by atoms with E-state index in [1.807, 2.05) is 0 Å². The van der Waals surface area contributed by atoms with Crippen molar-refractivity contribution in [1.82, 2.24) is 0 Å². The van der Waals surface area contributed by atoms with Gasteiger partial charge in [-0.05, 0) is 47.8 Å². The average Bonchev–Trinajstić information content (AvgIpc) is 2.34. The van der Waals surface area contributed by atoms with Crippen LogP contribution in [0.4, 0.5) is 4.39 Å². The SMILES string of the molecule is CCOC(=O)c1[c]c(F)cc2c1C(C)(C)CCC2(C)C. The maximum absolute atomic E-state index is 13.9. The summed E-state index contributed by atoms with van der Waals surface area (Å²) in [6.07, 6.45) is 1.93. The first-order valence-electron chi connectivity index (χ1n) is 7.13. The molecule has 3 heteroatoms. The highest BCUT2D eigenvalue weighted by molar-refractivity contribution is 5.92. The fraction of sp³-hybridized carbons (Fsp3) is 0.588. The Balaban J connectivity index is 2.71. The Morgan fingerprint density at radius 2 is 1.90 bits per heavy atom. The molecule has 0 aliphatic heterocycles. The van der Waals surface area contributed by atoms with Gasteiger partial charge in [0.1, 0.15) is 5.82 Å². The third-order valence-electron chi connectivity index (χ3n) is 4.30. The monoisotopic (exact) mass is 277 g/mol. The normalized spacial score (nSPS) is 19.3. The van der Waals surface area contributed by atoms with E-state index < -0.39 is 11.8 Å². The predicted molar refractivity (Wildman–Crippen MR) is 76.5 cm³/mol. The summed E-state index contributed by atoms with van der Waals surface area (Å²) < 4.78 is 19.0. The number of halogens is 1. The van der Waals surface area contributed by atoms with Crippen molar-refractivity contribution < 1.29 is 13.9 Å². The van der Waals surface area contributed by atoms with Gasteiger partial charge < -0.3 is 4.74 Å². The van der Waals surface area contributed by atoms with E-state index in [0.29, 0.717) is 0 Å². The van der Waals surface area contributed by atoms with Crippen LogP contribution in [0.5, 0.6) is 0 Å². The number of benzene rings is 1. The maximum atomic E-state index is 13.9. The molecule has 1 aliphatic carbocycles. The Labute approximate surface area is 120 Å². The van der Waals surface area contributed by atoms with Crippen LogP contribution in [0.1, 0.15) is 68.9 Å². The molecule has 0 bridgehead atoms. The molecule has 109 valence electrons. The molecule has 0 spiro atoms. The lowest BCUT2D eigenvalue weighted by Crippen LogP contribution is -2.36. The molecule has 2 rings (SSSR count). The van der Waals surface area contributed by atoms with Crippen LogP contribution >= 0.6 is 0 Å². The zero-order chi connectivity index (χ0) is 15.1. The molecule has 0 unspecified atom stereocenters. The van der Waals surface area contributed by atoms with Gasteiger partial charge in [-0.25, -0.2) is 9.18 Å². The number of carbonyl (C=O) groups is 1. The summed E-state index contributed by atoms with van der Waals surface area (Å²) in [5.41, 5.74) is 1.76. The summed E-state index contributed by atoms with van der Waals surface area (Å²) in [4.78, 5) is 12.1. The van der Waals surface area contributed by atoms with E-state index in [1.165, 1.54) is 6.07 Å². The summed E-state index contributed by atoms with van der Waals surface area (Å²) >= 11 is 0. The van der Waals surface area contributed by atoms with Crippen molar-refractivity contribution >= 4 is 5.97 Å². The lowest BCUT2D eigenvalue weighted by molar-refractivity contribution is 0.0521. The van der Waals surface area contributed by atoms with E-state index in [-0.39, 0.29) is 23.0 Å². The minimum absolute atomic E-state index is 0.137. The molecule has 1 aromatic carbocycles. The molecule has 0 aromatic heterocycles. The largest absolute Gasteiger partial charge is 0.462 e. The van der Waals surface area contributed by atoms with Crippen LogP contribution in [0.3, 0.4) is 0 Å². The number of hydrogen-bond acceptors (Lipinski definition) is 2. The number of ether oxygens (including phenoxy) is 1. The molecule has 0 saturated carbocycles. The average molecular weight is 277 g/mol. The highest BCUT2D eigenvalue weighted by Crippen LogP contribution is 2.47. The smallest absolute Gasteiger partial charge is 0.339 e. The number of esters is 1. The molecule has 1 aliphatic rings. The molecule has 0 N–H and O–H groups in total. The zero-order valence-corrected chi connectivity index (χ0v) is 12.9. The third kappa shape index (κ3) is 2.46. The van der Waals surface area contributed by atoms with E-state index in [9.17, 15) is 9.18 Å². The molecule has 20 heavy (non-hydrogen) atoms. The van der Waals surface area contributed by atoms with Crippen LogP contribution < -0.4 is 0 Å². The van der Waals surface area contributed by atoms with Crippen LogP contribution in [-0.4, -0.2) is 12.6 Å². The summed E-state index contributed by atoms with van der Waals surface area (Å²) in [5, 5.41) is 0. The van der Waals surface area contributed by atoms with Crippen LogP contribution in [0.2, 0.25) is 0 Å². The zero-order valence-electron chi connectivity index (χ0n) is 12.9. The minimum Gasteiger partial charge on any atom is -0.462 e. The maximum Gasteiger partial charge on any atom is 0.339 e. The number of carbonyl (C=O) groups excluding carboxylic acids is 1. The van der Waals surface area contributed by atoms with Crippen LogP contribution in [0.15, 0.2) is 6.07 Å². The Kier molecular flexibility index (Phi) is 3.66. The van der Waals surface area contributed by atoms with E-state index in [4.69, 9.17) is 4.74 Å². The highest BCUT2D eigenvalue weighted by atomic mass is 19.1. The second-order valence-corrected chi connectivity index (χ2v) is 6.77. The fourth-order valence-corrected chi connectivity index (χ4v) is 3.03. The van der Waals surface area contributed by atoms with Crippen molar-refractivity contribution in [2.24, 2.45) is 0 Å². The first-order valence-corrected chi connectivity index (χ1v) is 7.13. The molecular weight excluding hydrogens is 255 g/mol. The lowest BCUT2D eigenvalue weighted by atomic mass is 9.62. The molecule has 0 heterocycles. The second kappa shape index (κ2) is 4.87. The molecule has 0 fully saturated rings. The van der Waals surface area contributed by atoms with Crippen LogP contribution in [0.25, 0.3) is 0 Å². The van der Waals surface area contributed by atoms with Gasteiger partial charge >= 0.3 is 5.97 Å². The second-order valence-electron chi connectivity index (χ2n) is 6.77. The van der Waals surface area contributed by atoms with Crippen molar-refractivity contribution in [2.45, 2.75) is 58.3 Å². The number of fused-ring (bicyclic) bond motifs is 1. The Hall–Kier alpha value is -1.38. The molecule has 1 aromatic rings. The van der Waals surface area contributed by atoms with Crippen molar-refractivity contribution in [1.29, 1.82) is 0 Å². The van der Waals surface area contributed by atoms with Crippen molar-refractivity contribution in [3.05, 3.63) is 34.6 Å². The summed E-state index contributed by atoms with van der Waals surface area (Å²) in [6, 6.07) is 4.10. The molecule has 0 atom stereocenters. The topological polar surface area (TPSA) is 26.3 Å². The van der Waals surface area contributed by atoms with Gasteiger partial charge in [-0.1, -0.05) is 27.7 Å². The quantitative estimate of drug-likeness (QED) is 0.759. The highest BCUT2D eigenvalue weighted by Gasteiger charge is 2.40. The first kappa shape index (κ1) is 15.0. The minimum atomic E-state index is -0.488. The summed E-state index contributed by atoms with van der Waals surface area (Å²) in [7, 11) is 0. The van der Waals surface area contributed by atoms with E-state index in [0.717, 1.165) is 24.0 Å². The standard InChI is InChI=1S/C17H22FO2/c1-6-20-15(19)12-9-11(18)10-13-14(12)17(4,5)8-7-16(13,2)3/h10H,6-8H2,1-5H3. The van der Waals surface area contributed by atoms with Gasteiger partial charge in [0.2, 0.25) is 0 Å². The van der Waals surface area contributed by atoms with E-state index in [2.05, 4.69) is 33.8 Å². The van der Waals surface area contributed by atoms with Crippen molar-refractivity contribution in [3.8, 4) is 0 Å². The molecular formula is C17H22FO2. The van der Waals surface area contributed by atoms with E-state index >= 15 is 0 Å². The Bertz CT molecular complexity index is 544. The molecule has 1 radical (unpaired) electrons. The molecule has 2 nitrogen and oxygen atoms in total. The van der Waals surface area contributed by atoms with Gasteiger partial charge in [0.15, 0.2) is 0 Å². The summed E-state index contributed by atoms with van der Waals surface area (Å²) in [5.74, 6) is -0.966. The molecule has 0 amide bonds. The molecule has 0 saturated heterocycles. The van der Waals surface area contributed by atoms with Gasteiger partial charge in [-0.3, -0.25) is 0 Å². The third-order valence-corrected chi connectivity index (χ3v) is 4.30. The van der Waals surface area contributed by atoms with Crippen LogP contribution in [0, 0.1) is 11.9 Å². The van der Waals surface area contributed by atoms with Gasteiger partial charge in [0, 0.05) is 6.07 Å². The summed E-state index contributed by atoms with van der Waals surface area (Å²) in [6.45, 7) is 10.4. The van der Waals surface area contributed by atoms with Crippen LogP contribution in [-0.2, 0) is 15.6 Å². The first-order chi connectivity index (χ1) is 9.19. The van der Waals surface area contributed by atoms with Gasteiger partial charge in [0.05, 0.1) is 12.2 Å². The fourth-order valence-electron chi connectivity index (χ4n) is 3.03. The van der Waals surface area contributed by atoms with Gasteiger partial charge in [-0.15, -0.1) is 0 Å². The lowest BCUT2D eigenvalue weighted by Gasteiger charge is -2.42. The Morgan fingerprint density at radius 1 is 1.30 bits per heavy atom. The van der Waals surface area contributed by atoms with Crippen molar-refractivity contribution in [3.63, 3.8) is 0 Å². The number of rotatable bonds is 2. The van der Waals surface area contributed by atoms with Crippen molar-refractivity contribution in [2.75, 3.05) is 6.61 Å². The Morgan fingerprint density at radius 3 is 2.50 bits per heavy atom. The van der Waals surface area contributed by atoms with Gasteiger partial charge in [-0.2, -0.15) is 0 Å². The predicted octanol–water partition coefficient (Wildman–Crippen LogP) is 4.15. The number of hydrogen-bond donors (Lipinski definition) is 0. The van der Waals surface area contributed by atoms with E-state index in [1.54, 1.807) is 6.92 Å².